The second kappa shape index (κ2) is 7.47. The fourth-order valence-corrected chi connectivity index (χ4v) is 3.61. The first kappa shape index (κ1) is 17.7. The van der Waals surface area contributed by atoms with Crippen LogP contribution in [0, 0.1) is 0 Å². The minimum Gasteiger partial charge on any atom is -0.338 e. The zero-order chi connectivity index (χ0) is 18.8. The van der Waals surface area contributed by atoms with Crippen molar-refractivity contribution in [2.45, 2.75) is 37.0 Å². The van der Waals surface area contributed by atoms with Gasteiger partial charge in [0, 0.05) is 7.05 Å². The van der Waals surface area contributed by atoms with Gasteiger partial charge in [0.05, 0.1) is 23.5 Å². The van der Waals surface area contributed by atoms with E-state index in [1.807, 2.05) is 42.9 Å². The lowest BCUT2D eigenvalue weighted by Crippen LogP contribution is -2.31. The average molecular weight is 384 g/mol. The summed E-state index contributed by atoms with van der Waals surface area (Å²) in [6, 6.07) is 8.31. The maximum absolute atomic E-state index is 12.6. The fourth-order valence-electron chi connectivity index (χ4n) is 2.74. The van der Waals surface area contributed by atoms with Gasteiger partial charge in [0.25, 0.3) is 0 Å². The van der Waals surface area contributed by atoms with Crippen LogP contribution in [0.2, 0.25) is 0 Å². The summed E-state index contributed by atoms with van der Waals surface area (Å²) < 4.78 is 3.52. The van der Waals surface area contributed by atoms with Gasteiger partial charge >= 0.3 is 0 Å². The Morgan fingerprint density at radius 1 is 1.33 bits per heavy atom. The maximum atomic E-state index is 12.6. The van der Waals surface area contributed by atoms with E-state index in [2.05, 4.69) is 25.6 Å². The normalized spacial score (nSPS) is 14.9. The molecule has 1 amide bonds. The lowest BCUT2D eigenvalue weighted by molar-refractivity contribution is -0.128. The lowest BCUT2D eigenvalue weighted by Gasteiger charge is -2.25. The van der Waals surface area contributed by atoms with Gasteiger partial charge in [-0.3, -0.25) is 4.79 Å². The molecule has 10 heteroatoms. The topological polar surface area (TPSA) is 94.6 Å². The summed E-state index contributed by atoms with van der Waals surface area (Å²) in [6.07, 6.45) is 5.36. The second-order valence-corrected chi connectivity index (χ2v) is 7.48. The van der Waals surface area contributed by atoms with Crippen LogP contribution in [-0.4, -0.2) is 58.6 Å². The van der Waals surface area contributed by atoms with E-state index in [-0.39, 0.29) is 11.9 Å². The van der Waals surface area contributed by atoms with Gasteiger partial charge in [-0.25, -0.2) is 14.3 Å². The predicted molar refractivity (Wildman–Crippen MR) is 99.4 cm³/mol. The van der Waals surface area contributed by atoms with Crippen LogP contribution in [0.15, 0.2) is 42.1 Å². The van der Waals surface area contributed by atoms with E-state index in [0.717, 1.165) is 24.1 Å². The molecular weight excluding hydrogens is 364 g/mol. The number of thioether (sulfide) groups is 1. The van der Waals surface area contributed by atoms with E-state index in [1.54, 1.807) is 15.9 Å². The minimum atomic E-state index is -0.0395. The molecule has 0 radical (unpaired) electrons. The minimum absolute atomic E-state index is 0.0395. The van der Waals surface area contributed by atoms with Crippen LogP contribution in [0.1, 0.15) is 37.4 Å². The van der Waals surface area contributed by atoms with Crippen molar-refractivity contribution in [3.05, 3.63) is 42.5 Å². The number of aromatic nitrogens is 7. The van der Waals surface area contributed by atoms with E-state index in [0.29, 0.717) is 17.0 Å². The van der Waals surface area contributed by atoms with Gasteiger partial charge in [-0.2, -0.15) is 5.10 Å². The Morgan fingerprint density at radius 2 is 2.11 bits per heavy atom. The summed E-state index contributed by atoms with van der Waals surface area (Å²) in [7, 11) is 1.82. The third kappa shape index (κ3) is 3.85. The standard InChI is InChI=1S/C17H20N8OS/c1-12(13-3-5-14(6-4-13)24-11-18-10-19-24)23(2)16(26)9-27-17-20-21-22-25(17)15-7-8-15/h3-6,10-12,15H,7-9H2,1-2H3. The van der Waals surface area contributed by atoms with Crippen molar-refractivity contribution in [3.63, 3.8) is 0 Å². The summed E-state index contributed by atoms with van der Waals surface area (Å²) >= 11 is 1.39. The highest BCUT2D eigenvalue weighted by molar-refractivity contribution is 7.99. The Hall–Kier alpha value is -2.75. The molecule has 9 nitrogen and oxygen atoms in total. The summed E-state index contributed by atoms with van der Waals surface area (Å²) in [4.78, 5) is 18.3. The van der Waals surface area contributed by atoms with Crippen molar-refractivity contribution >= 4 is 17.7 Å². The van der Waals surface area contributed by atoms with Crippen LogP contribution < -0.4 is 0 Å². The summed E-state index contributed by atoms with van der Waals surface area (Å²) in [5.41, 5.74) is 1.99. The number of carbonyl (C=O) groups excluding carboxylic acids is 1. The molecule has 0 bridgehead atoms. The highest BCUT2D eigenvalue weighted by Crippen LogP contribution is 2.36. The highest BCUT2D eigenvalue weighted by atomic mass is 32.2. The second-order valence-electron chi connectivity index (χ2n) is 6.54. The van der Waals surface area contributed by atoms with Gasteiger partial charge in [0.1, 0.15) is 12.7 Å². The molecule has 0 N–H and O–H groups in total. The number of benzene rings is 1. The molecule has 4 rings (SSSR count). The van der Waals surface area contributed by atoms with Crippen molar-refractivity contribution < 1.29 is 4.79 Å². The van der Waals surface area contributed by atoms with Crippen LogP contribution in [0.4, 0.5) is 0 Å². The Labute approximate surface area is 160 Å². The van der Waals surface area contributed by atoms with Crippen LogP contribution in [-0.2, 0) is 4.79 Å². The molecule has 2 heterocycles. The number of carbonyl (C=O) groups is 1. The smallest absolute Gasteiger partial charge is 0.233 e. The quantitative estimate of drug-likeness (QED) is 0.574. The lowest BCUT2D eigenvalue weighted by atomic mass is 10.1. The van der Waals surface area contributed by atoms with Gasteiger partial charge in [0.2, 0.25) is 11.1 Å². The Kier molecular flexibility index (Phi) is 4.88. The average Bonchev–Trinajstić information content (AvgIpc) is 3.20. The number of amides is 1. The molecule has 1 saturated carbocycles. The molecule has 2 aromatic heterocycles. The number of rotatable bonds is 7. The van der Waals surface area contributed by atoms with Gasteiger partial charge < -0.3 is 4.90 Å². The van der Waals surface area contributed by atoms with E-state index < -0.39 is 0 Å². The molecule has 1 unspecified atom stereocenters. The largest absolute Gasteiger partial charge is 0.338 e. The molecule has 1 aliphatic carbocycles. The van der Waals surface area contributed by atoms with Crippen molar-refractivity contribution in [1.82, 2.24) is 39.9 Å². The highest BCUT2D eigenvalue weighted by Gasteiger charge is 2.28. The van der Waals surface area contributed by atoms with E-state index in [1.165, 1.54) is 18.1 Å². The third-order valence-electron chi connectivity index (χ3n) is 4.71. The first-order valence-corrected chi connectivity index (χ1v) is 9.73. The SMILES string of the molecule is CC(c1ccc(-n2cncn2)cc1)N(C)C(=O)CSc1nnnn1C1CC1. The third-order valence-corrected chi connectivity index (χ3v) is 5.63. The molecule has 0 spiro atoms. The first-order valence-electron chi connectivity index (χ1n) is 8.75. The van der Waals surface area contributed by atoms with E-state index in [9.17, 15) is 4.79 Å². The fraction of sp³-hybridized carbons (Fsp3) is 0.412. The maximum Gasteiger partial charge on any atom is 0.233 e. The zero-order valence-electron chi connectivity index (χ0n) is 15.1. The molecular formula is C17H20N8OS. The van der Waals surface area contributed by atoms with Gasteiger partial charge in [-0.05, 0) is 47.9 Å². The number of tetrazole rings is 1. The molecule has 1 atom stereocenters. The Bertz CT molecular complexity index is 903. The van der Waals surface area contributed by atoms with Crippen LogP contribution in [0.5, 0.6) is 0 Å². The molecule has 1 aliphatic rings. The zero-order valence-corrected chi connectivity index (χ0v) is 16.0. The van der Waals surface area contributed by atoms with E-state index in [4.69, 9.17) is 0 Å². The molecule has 140 valence electrons. The molecule has 27 heavy (non-hydrogen) atoms. The molecule has 1 aromatic carbocycles. The Balaban J connectivity index is 1.37. The van der Waals surface area contributed by atoms with Crippen molar-refractivity contribution in [1.29, 1.82) is 0 Å². The summed E-state index contributed by atoms with van der Waals surface area (Å²) in [6.45, 7) is 2.02. The van der Waals surface area contributed by atoms with Gasteiger partial charge in [0.15, 0.2) is 0 Å². The van der Waals surface area contributed by atoms with Crippen molar-refractivity contribution in [3.8, 4) is 5.69 Å². The van der Waals surface area contributed by atoms with Crippen LogP contribution in [0.3, 0.4) is 0 Å². The molecule has 0 saturated heterocycles. The van der Waals surface area contributed by atoms with Gasteiger partial charge in [-0.15, -0.1) is 5.10 Å². The Morgan fingerprint density at radius 3 is 2.78 bits per heavy atom. The number of nitrogens with zero attached hydrogens (tertiary/aromatic N) is 8. The molecule has 1 fully saturated rings. The van der Waals surface area contributed by atoms with Crippen molar-refractivity contribution in [2.24, 2.45) is 0 Å². The molecule has 3 aromatic rings. The first-order chi connectivity index (χ1) is 13.1. The molecule has 0 aliphatic heterocycles. The number of hydrogen-bond donors (Lipinski definition) is 0. The van der Waals surface area contributed by atoms with E-state index >= 15 is 0 Å². The van der Waals surface area contributed by atoms with Crippen LogP contribution >= 0.6 is 11.8 Å². The monoisotopic (exact) mass is 384 g/mol. The number of hydrogen-bond acceptors (Lipinski definition) is 7. The summed E-state index contributed by atoms with van der Waals surface area (Å²) in [5.74, 6) is 0.350. The predicted octanol–water partition coefficient (Wildman–Crippen LogP) is 1.90. The van der Waals surface area contributed by atoms with Crippen molar-refractivity contribution in [2.75, 3.05) is 12.8 Å². The van der Waals surface area contributed by atoms with Gasteiger partial charge in [-0.1, -0.05) is 23.9 Å². The van der Waals surface area contributed by atoms with Crippen LogP contribution in [0.25, 0.3) is 5.69 Å². The summed E-state index contributed by atoms with van der Waals surface area (Å²) in [5, 5.41) is 16.6.